The molecule has 4 heavy (non-hydrogen) atoms. The summed E-state index contributed by atoms with van der Waals surface area (Å²) in [6.45, 7) is 0. The van der Waals surface area contributed by atoms with Crippen LogP contribution >= 0.6 is 24.0 Å². The molecule has 0 unspecified atom stereocenters. The minimum absolute atomic E-state index is 0. The largest absolute Gasteiger partial charge is 0.107 e. The molecule has 4 heteroatoms. The standard InChI is InChI=1S/Ca.Cu.Fe.HI/h;;;1H. The zero-order valence-electron chi connectivity index (χ0n) is 1.77. The predicted octanol–water partition coefficient (Wildman–Crippen LogP) is 0.232. The van der Waals surface area contributed by atoms with Gasteiger partial charge in [0.2, 0.25) is 0 Å². The Morgan fingerprint density at radius 3 is 1.00 bits per heavy atom. The second-order valence-electron chi connectivity index (χ2n) is 0. The maximum atomic E-state index is 0. The monoisotopic (exact) mass is 287 g/mol. The maximum absolute atomic E-state index is 0. The molecule has 0 atom stereocenters. The van der Waals surface area contributed by atoms with Crippen molar-refractivity contribution in [2.45, 2.75) is 0 Å². The summed E-state index contributed by atoms with van der Waals surface area (Å²) < 4.78 is 0. The van der Waals surface area contributed by atoms with Gasteiger partial charge >= 0.3 is 0 Å². The Morgan fingerprint density at radius 1 is 1.00 bits per heavy atom. The molecule has 3 radical (unpaired) electrons. The Balaban J connectivity index is 0. The molecule has 0 bridgehead atoms. The van der Waals surface area contributed by atoms with Crippen LogP contribution in [0.15, 0.2) is 0 Å². The van der Waals surface area contributed by atoms with E-state index >= 15 is 0 Å². The van der Waals surface area contributed by atoms with Crippen molar-refractivity contribution in [1.82, 2.24) is 0 Å². The summed E-state index contributed by atoms with van der Waals surface area (Å²) in [4.78, 5) is 0. The fraction of sp³-hybridized carbons (Fsp3) is 0. The first-order chi connectivity index (χ1) is 0. The molecular weight excluding hydrogens is 286 g/mol. The molecule has 0 aromatic rings. The van der Waals surface area contributed by atoms with Crippen molar-refractivity contribution in [3.63, 3.8) is 0 Å². The van der Waals surface area contributed by atoms with E-state index in [-0.39, 0.29) is 95.9 Å². The first-order valence-corrected chi connectivity index (χ1v) is 0. The van der Waals surface area contributed by atoms with Crippen LogP contribution in [0, 0.1) is 0 Å². The fourth-order valence-electron chi connectivity index (χ4n) is 0. The van der Waals surface area contributed by atoms with Gasteiger partial charge in [-0.15, -0.1) is 24.0 Å². The van der Waals surface area contributed by atoms with Gasteiger partial charge in [0, 0.05) is 71.9 Å². The van der Waals surface area contributed by atoms with Crippen LogP contribution in [0.25, 0.3) is 0 Å². The fourth-order valence-corrected chi connectivity index (χ4v) is 0. The number of hydrogen-bond donors (Lipinski definition) is 0. The zero-order valence-corrected chi connectivity index (χ0v) is 8.35. The summed E-state index contributed by atoms with van der Waals surface area (Å²) in [6, 6.07) is 0. The molecule has 0 aliphatic heterocycles. The van der Waals surface area contributed by atoms with Gasteiger partial charge in [0.15, 0.2) is 0 Å². The van der Waals surface area contributed by atoms with E-state index in [1.807, 2.05) is 0 Å². The van der Waals surface area contributed by atoms with Crippen LogP contribution in [0.3, 0.4) is 0 Å². The third-order valence-corrected chi connectivity index (χ3v) is 0. The third kappa shape index (κ3) is 8.90. The van der Waals surface area contributed by atoms with Crippen molar-refractivity contribution in [2.24, 2.45) is 0 Å². The van der Waals surface area contributed by atoms with Gasteiger partial charge in [0.05, 0.1) is 0 Å². The number of rotatable bonds is 0. The van der Waals surface area contributed by atoms with E-state index in [2.05, 4.69) is 0 Å². The Bertz CT molecular complexity index is 8.00. The van der Waals surface area contributed by atoms with Crippen molar-refractivity contribution in [1.29, 1.82) is 0 Å². The quantitative estimate of drug-likeness (QED) is 0.442. The van der Waals surface area contributed by atoms with Crippen LogP contribution in [-0.4, -0.2) is 37.7 Å². The van der Waals surface area contributed by atoms with Crippen LogP contribution < -0.4 is 0 Å². The van der Waals surface area contributed by atoms with Gasteiger partial charge in [-0.05, 0) is 0 Å². The molecule has 0 rings (SSSR count). The zero-order chi connectivity index (χ0) is 0. The summed E-state index contributed by atoms with van der Waals surface area (Å²) in [7, 11) is 0. The summed E-state index contributed by atoms with van der Waals surface area (Å²) in [5.74, 6) is 0. The molecule has 0 aliphatic rings. The van der Waals surface area contributed by atoms with Gasteiger partial charge < -0.3 is 0 Å². The van der Waals surface area contributed by atoms with Crippen molar-refractivity contribution < 1.29 is 34.1 Å². The van der Waals surface area contributed by atoms with Gasteiger partial charge in [-0.1, -0.05) is 0 Å². The third-order valence-electron chi connectivity index (χ3n) is 0. The Labute approximate surface area is 93.8 Å². The van der Waals surface area contributed by atoms with Crippen molar-refractivity contribution in [2.75, 3.05) is 0 Å². The number of hydrogen-bond acceptors (Lipinski definition) is 0. The maximum Gasteiger partial charge on any atom is 0 e. The summed E-state index contributed by atoms with van der Waals surface area (Å²) in [5.41, 5.74) is 0. The summed E-state index contributed by atoms with van der Waals surface area (Å²) in [5, 5.41) is 0. The minimum Gasteiger partial charge on any atom is -0.107 e. The van der Waals surface area contributed by atoms with E-state index in [1.165, 1.54) is 0 Å². The first-order valence-electron chi connectivity index (χ1n) is 0. The van der Waals surface area contributed by atoms with Crippen molar-refractivity contribution in [3.05, 3.63) is 0 Å². The van der Waals surface area contributed by atoms with E-state index < -0.39 is 0 Å². The SMILES string of the molecule is I.[Ca].[Cu].[Fe]. The van der Waals surface area contributed by atoms with Crippen LogP contribution in [0.4, 0.5) is 0 Å². The molecule has 0 fully saturated rings. The average molecular weight is 287 g/mol. The Hall–Kier alpha value is 3.03. The van der Waals surface area contributed by atoms with Crippen LogP contribution in [-0.2, 0) is 34.1 Å². The average Bonchev–Trinajstić information content (AvgIpc) is 0. The normalized spacial score (nSPS) is 0. The molecule has 0 saturated heterocycles. The molecule has 0 nitrogen and oxygen atoms in total. The molecular formula is HCaCuFeI. The summed E-state index contributed by atoms with van der Waals surface area (Å²) >= 11 is 0. The predicted molar refractivity (Wildman–Crippen MR) is 21.2 cm³/mol. The van der Waals surface area contributed by atoms with E-state index in [4.69, 9.17) is 0 Å². The molecule has 0 N–H and O–H groups in total. The molecule has 0 spiro atoms. The molecule has 0 amide bonds. The van der Waals surface area contributed by atoms with E-state index in [9.17, 15) is 0 Å². The van der Waals surface area contributed by atoms with Crippen molar-refractivity contribution in [3.8, 4) is 0 Å². The minimum atomic E-state index is 0. The van der Waals surface area contributed by atoms with Gasteiger partial charge in [-0.3, -0.25) is 0 Å². The topological polar surface area (TPSA) is 0 Å². The van der Waals surface area contributed by atoms with Gasteiger partial charge in [0.1, 0.15) is 0 Å². The van der Waals surface area contributed by atoms with Crippen molar-refractivity contribution >= 4 is 61.7 Å². The van der Waals surface area contributed by atoms with E-state index in [0.717, 1.165) is 0 Å². The smallest absolute Gasteiger partial charge is 0 e. The van der Waals surface area contributed by atoms with E-state index in [0.29, 0.717) is 0 Å². The van der Waals surface area contributed by atoms with Crippen LogP contribution in [0.5, 0.6) is 0 Å². The molecule has 0 aromatic carbocycles. The van der Waals surface area contributed by atoms with E-state index in [1.54, 1.807) is 0 Å². The molecule has 0 aliphatic carbocycles. The second kappa shape index (κ2) is 16.6. The molecule has 29 valence electrons. The summed E-state index contributed by atoms with van der Waals surface area (Å²) in [6.07, 6.45) is 0. The van der Waals surface area contributed by atoms with Gasteiger partial charge in [-0.25, -0.2) is 0 Å². The molecule has 0 heterocycles. The van der Waals surface area contributed by atoms with Gasteiger partial charge in [-0.2, -0.15) is 0 Å². The molecule has 0 aromatic heterocycles. The Morgan fingerprint density at radius 2 is 1.00 bits per heavy atom. The Kier molecular flexibility index (Phi) is 116. The first kappa shape index (κ1) is 27.8. The molecule has 0 saturated carbocycles. The second-order valence-corrected chi connectivity index (χ2v) is 0. The van der Waals surface area contributed by atoms with Crippen LogP contribution in [0.2, 0.25) is 0 Å². The van der Waals surface area contributed by atoms with Gasteiger partial charge in [0.25, 0.3) is 0 Å². The van der Waals surface area contributed by atoms with Crippen LogP contribution in [0.1, 0.15) is 0 Å². The number of halogens is 1.